The summed E-state index contributed by atoms with van der Waals surface area (Å²) in [5, 5.41) is -0.177. The molecule has 0 amide bonds. The summed E-state index contributed by atoms with van der Waals surface area (Å²) < 4.78 is 18.8. The Morgan fingerprint density at radius 3 is 2.75 bits per heavy atom. The van der Waals surface area contributed by atoms with Gasteiger partial charge in [0.2, 0.25) is 0 Å². The first kappa shape index (κ1) is 11.9. The molecule has 0 N–H and O–H groups in total. The molecule has 2 rings (SSSR count). The van der Waals surface area contributed by atoms with E-state index in [1.54, 1.807) is 19.1 Å². The molecule has 1 heterocycles. The Labute approximate surface area is 101 Å². The molecule has 0 saturated carbocycles. The van der Waals surface area contributed by atoms with Gasteiger partial charge in [0.05, 0.1) is 17.6 Å². The third-order valence-electron chi connectivity index (χ3n) is 3.09. The topological polar surface area (TPSA) is 9.23 Å². The van der Waals surface area contributed by atoms with E-state index in [1.165, 1.54) is 6.07 Å². The van der Waals surface area contributed by atoms with Gasteiger partial charge in [-0.15, -0.1) is 11.6 Å². The highest BCUT2D eigenvalue weighted by atomic mass is 35.5. The van der Waals surface area contributed by atoms with E-state index < -0.39 is 0 Å². The Morgan fingerprint density at radius 2 is 2.19 bits per heavy atom. The number of hydrogen-bond acceptors (Lipinski definition) is 1. The molecule has 0 bridgehead atoms. The summed E-state index contributed by atoms with van der Waals surface area (Å²) in [6.45, 7) is 3.81. The van der Waals surface area contributed by atoms with Crippen molar-refractivity contribution >= 4 is 11.6 Å². The third kappa shape index (κ3) is 2.38. The van der Waals surface area contributed by atoms with E-state index in [0.29, 0.717) is 5.56 Å². The van der Waals surface area contributed by atoms with Crippen LogP contribution in [0.2, 0.25) is 0 Å². The van der Waals surface area contributed by atoms with Gasteiger partial charge >= 0.3 is 0 Å². The maximum atomic E-state index is 13.1. The molecule has 1 nitrogen and oxygen atoms in total. The minimum atomic E-state index is -0.187. The van der Waals surface area contributed by atoms with Crippen LogP contribution in [-0.2, 0) is 4.74 Å². The summed E-state index contributed by atoms with van der Waals surface area (Å²) in [4.78, 5) is 0. The van der Waals surface area contributed by atoms with Crippen LogP contribution < -0.4 is 0 Å². The largest absolute Gasteiger partial charge is 0.373 e. The second kappa shape index (κ2) is 4.72. The predicted octanol–water partition coefficient (Wildman–Crippen LogP) is 3.98. The SMILES string of the molecule is Cc1cc(C(Cl)C2CCC(C)O2)ccc1F. The average Bonchev–Trinajstić information content (AvgIpc) is 2.68. The number of ether oxygens (including phenoxy) is 1. The Hall–Kier alpha value is -0.600. The van der Waals surface area contributed by atoms with Gasteiger partial charge in [-0.3, -0.25) is 0 Å². The smallest absolute Gasteiger partial charge is 0.126 e. The van der Waals surface area contributed by atoms with Gasteiger partial charge < -0.3 is 4.74 Å². The normalized spacial score (nSPS) is 27.0. The van der Waals surface area contributed by atoms with Gasteiger partial charge in [-0.25, -0.2) is 4.39 Å². The molecule has 0 aromatic heterocycles. The molecule has 88 valence electrons. The van der Waals surface area contributed by atoms with Crippen LogP contribution in [-0.4, -0.2) is 12.2 Å². The van der Waals surface area contributed by atoms with Crippen molar-refractivity contribution in [2.24, 2.45) is 0 Å². The molecule has 1 aromatic carbocycles. The first-order valence-corrected chi connectivity index (χ1v) is 6.07. The van der Waals surface area contributed by atoms with Crippen LogP contribution in [0.15, 0.2) is 18.2 Å². The fourth-order valence-corrected chi connectivity index (χ4v) is 2.42. The van der Waals surface area contributed by atoms with Gasteiger partial charge in [0, 0.05) is 0 Å². The van der Waals surface area contributed by atoms with Crippen LogP contribution in [0.1, 0.15) is 36.3 Å². The maximum Gasteiger partial charge on any atom is 0.126 e. The quantitative estimate of drug-likeness (QED) is 0.713. The van der Waals surface area contributed by atoms with Crippen LogP contribution >= 0.6 is 11.6 Å². The van der Waals surface area contributed by atoms with Gasteiger partial charge in [-0.05, 0) is 43.9 Å². The highest BCUT2D eigenvalue weighted by Crippen LogP contribution is 2.35. The van der Waals surface area contributed by atoms with Crippen molar-refractivity contribution in [3.05, 3.63) is 35.1 Å². The number of aryl methyl sites for hydroxylation is 1. The monoisotopic (exact) mass is 242 g/mol. The van der Waals surface area contributed by atoms with Crippen LogP contribution in [0.4, 0.5) is 4.39 Å². The zero-order valence-corrected chi connectivity index (χ0v) is 10.3. The van der Waals surface area contributed by atoms with Crippen molar-refractivity contribution < 1.29 is 9.13 Å². The predicted molar refractivity (Wildman–Crippen MR) is 63.3 cm³/mol. The average molecular weight is 243 g/mol. The number of halogens is 2. The second-order valence-corrected chi connectivity index (χ2v) is 4.94. The molecule has 1 aliphatic heterocycles. The fourth-order valence-electron chi connectivity index (χ4n) is 2.10. The second-order valence-electron chi connectivity index (χ2n) is 4.47. The Balaban J connectivity index is 2.14. The van der Waals surface area contributed by atoms with Crippen LogP contribution in [0.5, 0.6) is 0 Å². The Bertz CT molecular complexity index is 380. The van der Waals surface area contributed by atoms with Gasteiger partial charge in [0.25, 0.3) is 0 Å². The van der Waals surface area contributed by atoms with E-state index in [1.807, 2.05) is 0 Å². The number of rotatable bonds is 2. The van der Waals surface area contributed by atoms with Crippen LogP contribution in [0.25, 0.3) is 0 Å². The standard InChI is InChI=1S/C13H16ClFO/c1-8-7-10(4-5-11(8)15)13(14)12-6-3-9(2)16-12/h4-5,7,9,12-13H,3,6H2,1-2H3. The summed E-state index contributed by atoms with van der Waals surface area (Å²) in [5.74, 6) is -0.187. The number of benzene rings is 1. The molecule has 16 heavy (non-hydrogen) atoms. The van der Waals surface area contributed by atoms with Crippen molar-refractivity contribution in [2.75, 3.05) is 0 Å². The molecule has 0 aliphatic carbocycles. The lowest BCUT2D eigenvalue weighted by Gasteiger charge is -2.18. The summed E-state index contributed by atoms with van der Waals surface area (Å²) in [6, 6.07) is 5.02. The lowest BCUT2D eigenvalue weighted by molar-refractivity contribution is 0.0533. The highest BCUT2D eigenvalue weighted by Gasteiger charge is 2.29. The molecule has 1 fully saturated rings. The van der Waals surface area contributed by atoms with Crippen molar-refractivity contribution in [1.29, 1.82) is 0 Å². The summed E-state index contributed by atoms with van der Waals surface area (Å²) >= 11 is 6.35. The Morgan fingerprint density at radius 1 is 1.44 bits per heavy atom. The van der Waals surface area contributed by atoms with Crippen molar-refractivity contribution in [3.63, 3.8) is 0 Å². The van der Waals surface area contributed by atoms with Crippen molar-refractivity contribution in [2.45, 2.75) is 44.3 Å². The van der Waals surface area contributed by atoms with E-state index in [-0.39, 0.29) is 23.4 Å². The van der Waals surface area contributed by atoms with Crippen molar-refractivity contribution in [1.82, 2.24) is 0 Å². The van der Waals surface area contributed by atoms with E-state index >= 15 is 0 Å². The van der Waals surface area contributed by atoms with Gasteiger partial charge in [0.15, 0.2) is 0 Å². The molecule has 1 aliphatic rings. The molecule has 3 heteroatoms. The van der Waals surface area contributed by atoms with Crippen molar-refractivity contribution in [3.8, 4) is 0 Å². The zero-order chi connectivity index (χ0) is 11.7. The Kier molecular flexibility index (Phi) is 3.50. The molecule has 3 atom stereocenters. The molecular weight excluding hydrogens is 227 g/mol. The van der Waals surface area contributed by atoms with Gasteiger partial charge in [-0.1, -0.05) is 12.1 Å². The van der Waals surface area contributed by atoms with E-state index in [0.717, 1.165) is 18.4 Å². The minimum absolute atomic E-state index is 0.0570. The van der Waals surface area contributed by atoms with Gasteiger partial charge in [-0.2, -0.15) is 0 Å². The molecule has 0 spiro atoms. The highest BCUT2D eigenvalue weighted by molar-refractivity contribution is 6.21. The molecule has 1 aromatic rings. The lowest BCUT2D eigenvalue weighted by Crippen LogP contribution is -2.14. The third-order valence-corrected chi connectivity index (χ3v) is 3.62. The summed E-state index contributed by atoms with van der Waals surface area (Å²) in [5.41, 5.74) is 1.58. The first-order chi connectivity index (χ1) is 7.58. The van der Waals surface area contributed by atoms with Crippen LogP contribution in [0, 0.1) is 12.7 Å². The lowest BCUT2D eigenvalue weighted by atomic mass is 10.0. The van der Waals surface area contributed by atoms with Crippen LogP contribution in [0.3, 0.4) is 0 Å². The molecule has 3 unspecified atom stereocenters. The van der Waals surface area contributed by atoms with E-state index in [2.05, 4.69) is 6.92 Å². The maximum absolute atomic E-state index is 13.1. The fraction of sp³-hybridized carbons (Fsp3) is 0.538. The molecular formula is C13H16ClFO. The van der Waals surface area contributed by atoms with Gasteiger partial charge in [0.1, 0.15) is 5.82 Å². The molecule has 0 radical (unpaired) electrons. The first-order valence-electron chi connectivity index (χ1n) is 5.63. The summed E-state index contributed by atoms with van der Waals surface area (Å²) in [7, 11) is 0. The van der Waals surface area contributed by atoms with E-state index in [9.17, 15) is 4.39 Å². The number of hydrogen-bond donors (Lipinski definition) is 0. The number of alkyl halides is 1. The minimum Gasteiger partial charge on any atom is -0.373 e. The van der Waals surface area contributed by atoms with E-state index in [4.69, 9.17) is 16.3 Å². The molecule has 1 saturated heterocycles. The summed E-state index contributed by atoms with van der Waals surface area (Å²) in [6.07, 6.45) is 2.37. The zero-order valence-electron chi connectivity index (χ0n) is 9.54.